The lowest BCUT2D eigenvalue weighted by molar-refractivity contribution is 0.0953. The molecule has 23 heavy (non-hydrogen) atoms. The van der Waals surface area contributed by atoms with Crippen molar-refractivity contribution in [3.63, 3.8) is 0 Å². The summed E-state index contributed by atoms with van der Waals surface area (Å²) in [6, 6.07) is 14.9. The number of nitrogens with zero attached hydrogens (tertiary/aromatic N) is 1. The zero-order valence-electron chi connectivity index (χ0n) is 13.5. The lowest BCUT2D eigenvalue weighted by Gasteiger charge is -2.14. The van der Waals surface area contributed by atoms with Crippen LogP contribution in [0, 0.1) is 0 Å². The van der Waals surface area contributed by atoms with E-state index in [2.05, 4.69) is 15.5 Å². The summed E-state index contributed by atoms with van der Waals surface area (Å²) in [5, 5.41) is 6.81. The van der Waals surface area contributed by atoms with E-state index in [0.717, 1.165) is 24.3 Å². The third kappa shape index (κ3) is 5.27. The van der Waals surface area contributed by atoms with E-state index in [-0.39, 0.29) is 5.91 Å². The number of nitrogens with one attached hydrogen (secondary N) is 2. The summed E-state index contributed by atoms with van der Waals surface area (Å²) in [6.07, 6.45) is 0.916. The number of carbonyl (C=O) groups excluding carboxylic acids is 1. The number of benzene rings is 2. The van der Waals surface area contributed by atoms with Crippen LogP contribution in [-0.4, -0.2) is 38.0 Å². The quantitative estimate of drug-likeness (QED) is 0.759. The maximum atomic E-state index is 12.4. The van der Waals surface area contributed by atoms with Crippen LogP contribution in [0.15, 0.2) is 48.5 Å². The van der Waals surface area contributed by atoms with Gasteiger partial charge in [-0.1, -0.05) is 35.9 Å². The van der Waals surface area contributed by atoms with Crippen molar-refractivity contribution >= 4 is 28.9 Å². The molecular weight excluding hydrogens is 310 g/mol. The van der Waals surface area contributed by atoms with Crippen LogP contribution < -0.4 is 10.6 Å². The van der Waals surface area contributed by atoms with Gasteiger partial charge in [-0.2, -0.15) is 0 Å². The number of carbonyl (C=O) groups is 1. The van der Waals surface area contributed by atoms with Gasteiger partial charge in [0.25, 0.3) is 5.91 Å². The summed E-state index contributed by atoms with van der Waals surface area (Å²) in [4.78, 5) is 14.5. The molecule has 2 aromatic rings. The second-order valence-electron chi connectivity index (χ2n) is 5.56. The minimum Gasteiger partial charge on any atom is -0.354 e. The summed E-state index contributed by atoms with van der Waals surface area (Å²) < 4.78 is 0. The Balaban J connectivity index is 2.05. The Hall–Kier alpha value is -2.04. The van der Waals surface area contributed by atoms with E-state index >= 15 is 0 Å². The van der Waals surface area contributed by atoms with E-state index in [9.17, 15) is 4.79 Å². The van der Waals surface area contributed by atoms with Gasteiger partial charge in [0.15, 0.2) is 0 Å². The molecule has 0 saturated heterocycles. The minimum atomic E-state index is -0.0843. The van der Waals surface area contributed by atoms with E-state index in [1.54, 1.807) is 6.07 Å². The molecule has 0 bridgehead atoms. The average molecular weight is 332 g/mol. The number of amides is 1. The van der Waals surface area contributed by atoms with E-state index in [0.29, 0.717) is 17.1 Å². The zero-order valence-corrected chi connectivity index (χ0v) is 14.2. The van der Waals surface area contributed by atoms with Crippen LogP contribution in [0.25, 0.3) is 0 Å². The molecule has 0 aliphatic carbocycles. The first-order chi connectivity index (χ1) is 11.1. The summed E-state index contributed by atoms with van der Waals surface area (Å²) in [6.45, 7) is 1.59. The maximum absolute atomic E-state index is 12.4. The molecule has 0 fully saturated rings. The highest BCUT2D eigenvalue weighted by Gasteiger charge is 2.11. The molecule has 0 radical (unpaired) electrons. The Morgan fingerprint density at radius 3 is 2.39 bits per heavy atom. The second-order valence-corrected chi connectivity index (χ2v) is 5.97. The van der Waals surface area contributed by atoms with Crippen LogP contribution in [0.5, 0.6) is 0 Å². The molecule has 2 aromatic carbocycles. The van der Waals surface area contributed by atoms with Crippen molar-refractivity contribution in [2.45, 2.75) is 6.42 Å². The minimum absolute atomic E-state index is 0.0843. The van der Waals surface area contributed by atoms with Gasteiger partial charge in [-0.25, -0.2) is 0 Å². The molecule has 1 amide bonds. The first-order valence-electron chi connectivity index (χ1n) is 7.61. The Morgan fingerprint density at radius 2 is 1.70 bits per heavy atom. The third-order valence-electron chi connectivity index (χ3n) is 3.38. The molecule has 0 atom stereocenters. The summed E-state index contributed by atoms with van der Waals surface area (Å²) in [7, 11) is 4.04. The number of para-hydroxylation sites is 2. The van der Waals surface area contributed by atoms with Crippen molar-refractivity contribution in [1.82, 2.24) is 10.2 Å². The second kappa shape index (κ2) is 8.56. The molecule has 2 N–H and O–H groups in total. The number of hydrogen-bond acceptors (Lipinski definition) is 3. The van der Waals surface area contributed by atoms with Gasteiger partial charge in [-0.3, -0.25) is 4.79 Å². The van der Waals surface area contributed by atoms with E-state index < -0.39 is 0 Å². The Labute approximate surface area is 142 Å². The molecule has 0 unspecified atom stereocenters. The third-order valence-corrected chi connectivity index (χ3v) is 3.71. The van der Waals surface area contributed by atoms with E-state index in [1.165, 1.54) is 0 Å². The average Bonchev–Trinajstić information content (AvgIpc) is 2.54. The predicted molar refractivity (Wildman–Crippen MR) is 96.7 cm³/mol. The summed E-state index contributed by atoms with van der Waals surface area (Å²) >= 11 is 6.17. The highest BCUT2D eigenvalue weighted by atomic mass is 35.5. The highest BCUT2D eigenvalue weighted by molar-refractivity contribution is 6.33. The van der Waals surface area contributed by atoms with Crippen LogP contribution >= 0.6 is 11.6 Å². The Morgan fingerprint density at radius 1 is 1.04 bits per heavy atom. The monoisotopic (exact) mass is 331 g/mol. The zero-order chi connectivity index (χ0) is 16.7. The molecule has 5 heteroatoms. The normalized spacial score (nSPS) is 10.6. The summed E-state index contributed by atoms with van der Waals surface area (Å²) in [5.74, 6) is -0.0843. The van der Waals surface area contributed by atoms with Gasteiger partial charge in [0.2, 0.25) is 0 Å². The van der Waals surface area contributed by atoms with Gasteiger partial charge < -0.3 is 15.5 Å². The topological polar surface area (TPSA) is 44.4 Å². The largest absolute Gasteiger partial charge is 0.354 e. The van der Waals surface area contributed by atoms with Gasteiger partial charge in [0.05, 0.1) is 22.0 Å². The summed E-state index contributed by atoms with van der Waals surface area (Å²) in [5.41, 5.74) is 2.13. The molecule has 0 spiro atoms. The Bertz CT molecular complexity index is 658. The first-order valence-corrected chi connectivity index (χ1v) is 7.99. The number of halogens is 1. The number of anilines is 2. The van der Waals surface area contributed by atoms with Crippen molar-refractivity contribution in [2.24, 2.45) is 0 Å². The van der Waals surface area contributed by atoms with Crippen molar-refractivity contribution < 1.29 is 4.79 Å². The van der Waals surface area contributed by atoms with Crippen LogP contribution in [0.3, 0.4) is 0 Å². The first kappa shape index (κ1) is 17.3. The number of rotatable bonds is 7. The van der Waals surface area contributed by atoms with Crippen LogP contribution in [0.2, 0.25) is 5.02 Å². The fourth-order valence-electron chi connectivity index (χ4n) is 2.19. The van der Waals surface area contributed by atoms with Crippen LogP contribution in [-0.2, 0) is 0 Å². The van der Waals surface area contributed by atoms with Crippen molar-refractivity contribution in [3.05, 3.63) is 59.1 Å². The molecule has 0 saturated carbocycles. The fraction of sp³-hybridized carbons (Fsp3) is 0.278. The van der Waals surface area contributed by atoms with Gasteiger partial charge in [0.1, 0.15) is 0 Å². The molecule has 122 valence electrons. The SMILES string of the molecule is CN(C)CCCNC(=O)c1ccccc1Nc1ccccc1Cl. The Kier molecular flexibility index (Phi) is 6.44. The van der Waals surface area contributed by atoms with Crippen molar-refractivity contribution in [3.8, 4) is 0 Å². The molecule has 0 heterocycles. The van der Waals surface area contributed by atoms with Gasteiger partial charge >= 0.3 is 0 Å². The smallest absolute Gasteiger partial charge is 0.253 e. The molecule has 0 aromatic heterocycles. The molecule has 2 rings (SSSR count). The van der Waals surface area contributed by atoms with Gasteiger partial charge in [-0.05, 0) is 51.3 Å². The van der Waals surface area contributed by atoms with Crippen molar-refractivity contribution in [2.75, 3.05) is 32.5 Å². The van der Waals surface area contributed by atoms with E-state index in [4.69, 9.17) is 11.6 Å². The standard InChI is InChI=1S/C18H22ClN3O/c1-22(2)13-7-12-20-18(23)14-8-3-5-10-16(14)21-17-11-6-4-9-15(17)19/h3-6,8-11,21H,7,12-13H2,1-2H3,(H,20,23). The lowest BCUT2D eigenvalue weighted by atomic mass is 10.1. The fourth-order valence-corrected chi connectivity index (χ4v) is 2.37. The van der Waals surface area contributed by atoms with Crippen LogP contribution in [0.4, 0.5) is 11.4 Å². The van der Waals surface area contributed by atoms with Gasteiger partial charge in [0, 0.05) is 6.54 Å². The molecular formula is C18H22ClN3O. The van der Waals surface area contributed by atoms with Crippen molar-refractivity contribution in [1.29, 1.82) is 0 Å². The van der Waals surface area contributed by atoms with Gasteiger partial charge in [-0.15, -0.1) is 0 Å². The molecule has 4 nitrogen and oxygen atoms in total. The molecule has 0 aliphatic rings. The molecule has 0 aliphatic heterocycles. The predicted octanol–water partition coefficient (Wildman–Crippen LogP) is 3.77. The maximum Gasteiger partial charge on any atom is 0.253 e. The van der Waals surface area contributed by atoms with E-state index in [1.807, 2.05) is 56.6 Å². The number of hydrogen-bond donors (Lipinski definition) is 2. The van der Waals surface area contributed by atoms with Crippen LogP contribution in [0.1, 0.15) is 16.8 Å². The lowest BCUT2D eigenvalue weighted by Crippen LogP contribution is -2.27. The highest BCUT2D eigenvalue weighted by Crippen LogP contribution is 2.26.